The first kappa shape index (κ1) is 39.5. The zero-order chi connectivity index (χ0) is 32.8. The Labute approximate surface area is 277 Å². The van der Waals surface area contributed by atoms with Gasteiger partial charge in [-0.3, -0.25) is 0 Å². The minimum absolute atomic E-state index is 0.199. The molecule has 0 amide bonds. The number of aryl methyl sites for hydroxylation is 1. The predicted octanol–water partition coefficient (Wildman–Crippen LogP) is 7.12. The average molecular weight is 646 g/mol. The van der Waals surface area contributed by atoms with Crippen molar-refractivity contribution in [3.05, 3.63) is 59.7 Å². The second-order valence-electron chi connectivity index (χ2n) is 11.1. The topological polar surface area (TPSA) is 93.7 Å². The smallest absolute Gasteiger partial charge is 0.338 e. The standard InChI is InChI=1S/C37H59NO8/c1-3-5-7-8-9-10-11-33-12-18-36(19-13-33)45-31-29-43-27-25-41-23-21-40-22-24-42-26-28-44-30-32-46-37(39)34-14-16-35(17-15-34)38-20-6-4-2/h12-19,38H,3-11,20-32H2,1-2H3. The molecule has 0 saturated carbocycles. The van der Waals surface area contributed by atoms with Crippen molar-refractivity contribution in [3.63, 3.8) is 0 Å². The Morgan fingerprint density at radius 2 is 1.04 bits per heavy atom. The van der Waals surface area contributed by atoms with Crippen molar-refractivity contribution in [3.8, 4) is 5.75 Å². The average Bonchev–Trinajstić information content (AvgIpc) is 3.08. The Balaban J connectivity index is 1.28. The van der Waals surface area contributed by atoms with Gasteiger partial charge in [-0.05, 0) is 61.2 Å². The Hall–Kier alpha value is -2.69. The number of nitrogens with one attached hydrogen (secondary N) is 1. The molecule has 0 saturated heterocycles. The second-order valence-corrected chi connectivity index (χ2v) is 11.1. The molecule has 0 fully saturated rings. The fourth-order valence-electron chi connectivity index (χ4n) is 4.47. The van der Waals surface area contributed by atoms with E-state index in [4.69, 9.17) is 33.2 Å². The Kier molecular flexibility index (Phi) is 24.5. The highest BCUT2D eigenvalue weighted by Crippen LogP contribution is 2.15. The molecule has 9 nitrogen and oxygen atoms in total. The van der Waals surface area contributed by atoms with Crippen LogP contribution in [0.1, 0.15) is 81.1 Å². The molecule has 0 unspecified atom stereocenters. The molecule has 0 radical (unpaired) electrons. The van der Waals surface area contributed by atoms with E-state index in [0.29, 0.717) is 78.2 Å². The van der Waals surface area contributed by atoms with Crippen LogP contribution in [0.5, 0.6) is 5.75 Å². The lowest BCUT2D eigenvalue weighted by Gasteiger charge is -2.09. The number of esters is 1. The van der Waals surface area contributed by atoms with Gasteiger partial charge in [-0.15, -0.1) is 0 Å². The third kappa shape index (κ3) is 21.2. The molecule has 0 atom stereocenters. The summed E-state index contributed by atoms with van der Waals surface area (Å²) in [5.74, 6) is 0.528. The van der Waals surface area contributed by atoms with E-state index < -0.39 is 0 Å². The summed E-state index contributed by atoms with van der Waals surface area (Å²) in [5, 5.41) is 3.32. The maximum Gasteiger partial charge on any atom is 0.338 e. The van der Waals surface area contributed by atoms with Gasteiger partial charge in [0.1, 0.15) is 19.0 Å². The molecule has 0 aliphatic carbocycles. The maximum atomic E-state index is 12.1. The van der Waals surface area contributed by atoms with E-state index >= 15 is 0 Å². The minimum Gasteiger partial charge on any atom is -0.491 e. The summed E-state index contributed by atoms with van der Waals surface area (Å²) in [4.78, 5) is 12.1. The lowest BCUT2D eigenvalue weighted by atomic mass is 10.0. The Bertz CT molecular complexity index is 970. The van der Waals surface area contributed by atoms with Crippen molar-refractivity contribution in [2.75, 3.05) is 91.1 Å². The first-order valence-electron chi connectivity index (χ1n) is 17.3. The van der Waals surface area contributed by atoms with Gasteiger partial charge in [0.2, 0.25) is 0 Å². The van der Waals surface area contributed by atoms with Crippen LogP contribution in [-0.4, -0.2) is 91.8 Å². The van der Waals surface area contributed by atoms with Gasteiger partial charge >= 0.3 is 5.97 Å². The second kappa shape index (κ2) is 28.5. The molecule has 0 heterocycles. The molecule has 1 N–H and O–H groups in total. The van der Waals surface area contributed by atoms with Gasteiger partial charge in [0.15, 0.2) is 0 Å². The molecule has 0 bridgehead atoms. The molecule has 2 aromatic carbocycles. The number of rotatable bonds is 31. The summed E-state index contributed by atoms with van der Waals surface area (Å²) in [6.45, 7) is 10.8. The van der Waals surface area contributed by atoms with Crippen LogP contribution in [0.2, 0.25) is 0 Å². The summed E-state index contributed by atoms with van der Waals surface area (Å²) >= 11 is 0. The largest absolute Gasteiger partial charge is 0.491 e. The maximum absolute atomic E-state index is 12.1. The number of hydrogen-bond acceptors (Lipinski definition) is 9. The molecular weight excluding hydrogens is 586 g/mol. The number of anilines is 1. The van der Waals surface area contributed by atoms with Crippen LogP contribution in [0.25, 0.3) is 0 Å². The van der Waals surface area contributed by atoms with Crippen LogP contribution < -0.4 is 10.1 Å². The van der Waals surface area contributed by atoms with Crippen LogP contribution in [0.4, 0.5) is 5.69 Å². The minimum atomic E-state index is -0.353. The van der Waals surface area contributed by atoms with E-state index in [1.807, 2.05) is 24.3 Å². The highest BCUT2D eigenvalue weighted by Gasteiger charge is 2.07. The van der Waals surface area contributed by atoms with Crippen molar-refractivity contribution >= 4 is 11.7 Å². The number of carbonyl (C=O) groups is 1. The van der Waals surface area contributed by atoms with Crippen LogP contribution in [-0.2, 0) is 34.8 Å². The van der Waals surface area contributed by atoms with Crippen molar-refractivity contribution in [1.82, 2.24) is 0 Å². The monoisotopic (exact) mass is 645 g/mol. The lowest BCUT2D eigenvalue weighted by Crippen LogP contribution is -2.15. The van der Waals surface area contributed by atoms with Gasteiger partial charge in [0.05, 0.1) is 71.6 Å². The zero-order valence-corrected chi connectivity index (χ0v) is 28.4. The first-order chi connectivity index (χ1) is 22.7. The summed E-state index contributed by atoms with van der Waals surface area (Å²) in [6, 6.07) is 15.7. The van der Waals surface area contributed by atoms with Crippen LogP contribution in [0.3, 0.4) is 0 Å². The number of carbonyl (C=O) groups excluding carboxylic acids is 1. The normalized spacial score (nSPS) is 11.1. The van der Waals surface area contributed by atoms with Gasteiger partial charge in [-0.25, -0.2) is 4.79 Å². The molecule has 0 aromatic heterocycles. The first-order valence-corrected chi connectivity index (χ1v) is 17.3. The van der Waals surface area contributed by atoms with Gasteiger partial charge in [0, 0.05) is 12.2 Å². The molecule has 2 aromatic rings. The van der Waals surface area contributed by atoms with Crippen LogP contribution in [0, 0.1) is 0 Å². The van der Waals surface area contributed by atoms with Crippen molar-refractivity contribution < 1.29 is 38.0 Å². The van der Waals surface area contributed by atoms with Gasteiger partial charge in [-0.1, -0.05) is 64.5 Å². The van der Waals surface area contributed by atoms with Gasteiger partial charge in [0.25, 0.3) is 0 Å². The third-order valence-corrected chi connectivity index (χ3v) is 7.17. The molecule has 2 rings (SSSR count). The fraction of sp³-hybridized carbons (Fsp3) is 0.649. The van der Waals surface area contributed by atoms with Gasteiger partial charge < -0.3 is 38.5 Å². The SMILES string of the molecule is CCCCCCCCc1ccc(OCCOCCOCCOCCOCCOCCOC(=O)c2ccc(NCCCC)cc2)cc1. The third-order valence-electron chi connectivity index (χ3n) is 7.17. The van der Waals surface area contributed by atoms with Crippen molar-refractivity contribution in [1.29, 1.82) is 0 Å². The van der Waals surface area contributed by atoms with E-state index in [1.54, 1.807) is 12.1 Å². The lowest BCUT2D eigenvalue weighted by molar-refractivity contribution is -0.0163. The quantitative estimate of drug-likeness (QED) is 0.0680. The Morgan fingerprint density at radius 1 is 0.543 bits per heavy atom. The van der Waals surface area contributed by atoms with E-state index in [1.165, 1.54) is 44.1 Å². The molecule has 46 heavy (non-hydrogen) atoms. The number of ether oxygens (including phenoxy) is 7. The van der Waals surface area contributed by atoms with Crippen LogP contribution >= 0.6 is 0 Å². The molecule has 0 aliphatic heterocycles. The van der Waals surface area contributed by atoms with Crippen molar-refractivity contribution in [2.24, 2.45) is 0 Å². The highest BCUT2D eigenvalue weighted by molar-refractivity contribution is 5.89. The van der Waals surface area contributed by atoms with E-state index in [0.717, 1.165) is 37.2 Å². The molecular formula is C37H59NO8. The molecule has 9 heteroatoms. The fourth-order valence-corrected chi connectivity index (χ4v) is 4.47. The molecule has 260 valence electrons. The zero-order valence-electron chi connectivity index (χ0n) is 28.4. The van der Waals surface area contributed by atoms with Crippen LogP contribution in [0.15, 0.2) is 48.5 Å². The van der Waals surface area contributed by atoms with E-state index in [2.05, 4.69) is 31.3 Å². The van der Waals surface area contributed by atoms with E-state index in [-0.39, 0.29) is 12.6 Å². The van der Waals surface area contributed by atoms with Crippen molar-refractivity contribution in [2.45, 2.75) is 71.6 Å². The van der Waals surface area contributed by atoms with E-state index in [9.17, 15) is 4.79 Å². The predicted molar refractivity (Wildman–Crippen MR) is 183 cm³/mol. The number of hydrogen-bond donors (Lipinski definition) is 1. The molecule has 0 spiro atoms. The number of benzene rings is 2. The summed E-state index contributed by atoms with van der Waals surface area (Å²) in [5.41, 5.74) is 2.90. The highest BCUT2D eigenvalue weighted by atomic mass is 16.6. The Morgan fingerprint density at radius 3 is 1.61 bits per heavy atom. The van der Waals surface area contributed by atoms with Gasteiger partial charge in [-0.2, -0.15) is 0 Å². The number of unbranched alkanes of at least 4 members (excludes halogenated alkanes) is 6. The summed E-state index contributed by atoms with van der Waals surface area (Å²) < 4.78 is 38.6. The summed E-state index contributed by atoms with van der Waals surface area (Å²) in [7, 11) is 0. The summed E-state index contributed by atoms with van der Waals surface area (Å²) in [6.07, 6.45) is 11.3. The molecule has 0 aliphatic rings.